The van der Waals surface area contributed by atoms with Crippen LogP contribution in [0, 0.1) is 11.3 Å². The summed E-state index contributed by atoms with van der Waals surface area (Å²) in [7, 11) is 0. The first kappa shape index (κ1) is 24.0. The fourth-order valence-corrected chi connectivity index (χ4v) is 3.65. The molecule has 174 valence electrons. The van der Waals surface area contributed by atoms with Crippen LogP contribution >= 0.6 is 11.3 Å². The van der Waals surface area contributed by atoms with E-state index in [0.717, 1.165) is 38.4 Å². The maximum atomic E-state index is 12.7. The van der Waals surface area contributed by atoms with E-state index in [0.29, 0.717) is 22.5 Å². The van der Waals surface area contributed by atoms with Crippen LogP contribution in [0.2, 0.25) is 0 Å². The number of fused-ring (bicyclic) bond motifs is 1. The molecule has 33 heavy (non-hydrogen) atoms. The smallest absolute Gasteiger partial charge is 0.475 e. The number of anilines is 2. The first-order chi connectivity index (χ1) is 15.7. The van der Waals surface area contributed by atoms with E-state index in [-0.39, 0.29) is 5.91 Å². The lowest BCUT2D eigenvalue weighted by Crippen LogP contribution is -2.28. The number of carbonyl (C=O) groups is 2. The second-order valence-electron chi connectivity index (χ2n) is 6.77. The van der Waals surface area contributed by atoms with Crippen molar-refractivity contribution in [2.45, 2.75) is 12.6 Å². The van der Waals surface area contributed by atoms with Gasteiger partial charge in [0.05, 0.1) is 17.4 Å². The average molecular weight is 481 g/mol. The van der Waals surface area contributed by atoms with Gasteiger partial charge in [-0.2, -0.15) is 23.5 Å². The van der Waals surface area contributed by atoms with Gasteiger partial charge in [-0.15, -0.1) is 11.3 Å². The van der Waals surface area contributed by atoms with Crippen LogP contribution in [0.5, 0.6) is 0 Å². The predicted octanol–water partition coefficient (Wildman–Crippen LogP) is 2.35. The number of hydrogen-bond acceptors (Lipinski definition) is 8. The van der Waals surface area contributed by atoms with E-state index in [1.54, 1.807) is 15.3 Å². The van der Waals surface area contributed by atoms with Crippen LogP contribution in [0.3, 0.4) is 0 Å². The summed E-state index contributed by atoms with van der Waals surface area (Å²) in [5.74, 6) is -2.24. The van der Waals surface area contributed by atoms with Gasteiger partial charge < -0.3 is 20.6 Å². The molecule has 1 amide bonds. The van der Waals surface area contributed by atoms with Crippen LogP contribution in [-0.2, 0) is 4.79 Å². The molecular formula is C19H18F3N7O3S. The predicted molar refractivity (Wildman–Crippen MR) is 113 cm³/mol. The maximum absolute atomic E-state index is 12.7. The van der Waals surface area contributed by atoms with Gasteiger partial charge in [0, 0.05) is 36.6 Å². The maximum Gasteiger partial charge on any atom is 0.490 e. The van der Waals surface area contributed by atoms with E-state index in [4.69, 9.17) is 15.2 Å². The van der Waals surface area contributed by atoms with E-state index in [1.165, 1.54) is 17.5 Å². The summed E-state index contributed by atoms with van der Waals surface area (Å²) in [5.41, 5.74) is 1.85. The third-order valence-electron chi connectivity index (χ3n) is 4.54. The highest BCUT2D eigenvalue weighted by molar-refractivity contribution is 7.08. The van der Waals surface area contributed by atoms with Gasteiger partial charge in [0.25, 0.3) is 5.91 Å². The van der Waals surface area contributed by atoms with E-state index >= 15 is 0 Å². The molecule has 1 aliphatic heterocycles. The Morgan fingerprint density at radius 1 is 1.27 bits per heavy atom. The number of rotatable bonds is 3. The number of halogens is 3. The molecule has 14 heteroatoms. The molecule has 3 N–H and O–H groups in total. The molecule has 0 saturated carbocycles. The molecule has 0 aromatic carbocycles. The largest absolute Gasteiger partial charge is 0.490 e. The molecule has 0 radical (unpaired) electrons. The molecule has 3 aromatic heterocycles. The second-order valence-corrected chi connectivity index (χ2v) is 7.51. The number of aliphatic carboxylic acids is 1. The zero-order chi connectivity index (χ0) is 24.0. The molecule has 10 nitrogen and oxygen atoms in total. The number of hydrogen-bond donors (Lipinski definition) is 3. The third-order valence-corrected chi connectivity index (χ3v) is 5.28. The highest BCUT2D eigenvalue weighted by Gasteiger charge is 2.38. The Balaban J connectivity index is 0.000000383. The van der Waals surface area contributed by atoms with Gasteiger partial charge in [-0.05, 0) is 19.0 Å². The van der Waals surface area contributed by atoms with Gasteiger partial charge in [-0.25, -0.2) is 14.3 Å². The van der Waals surface area contributed by atoms with Crippen molar-refractivity contribution in [3.8, 4) is 6.07 Å². The lowest BCUT2D eigenvalue weighted by molar-refractivity contribution is -0.192. The van der Waals surface area contributed by atoms with E-state index < -0.39 is 12.1 Å². The van der Waals surface area contributed by atoms with Crippen molar-refractivity contribution in [1.82, 2.24) is 19.9 Å². The zero-order valence-electron chi connectivity index (χ0n) is 17.0. The topological polar surface area (TPSA) is 136 Å². The average Bonchev–Trinajstić information content (AvgIpc) is 3.30. The van der Waals surface area contributed by atoms with Gasteiger partial charge in [0.1, 0.15) is 17.5 Å². The summed E-state index contributed by atoms with van der Waals surface area (Å²) >= 11 is 1.37. The Labute approximate surface area is 189 Å². The quantitative estimate of drug-likeness (QED) is 0.519. The monoisotopic (exact) mass is 481 g/mol. The Kier molecular flexibility index (Phi) is 7.46. The molecule has 0 bridgehead atoms. The summed E-state index contributed by atoms with van der Waals surface area (Å²) in [5, 5.41) is 30.0. The number of amides is 1. The highest BCUT2D eigenvalue weighted by Crippen LogP contribution is 2.22. The van der Waals surface area contributed by atoms with Crippen molar-refractivity contribution in [2.24, 2.45) is 0 Å². The lowest BCUT2D eigenvalue weighted by atomic mass is 10.2. The number of thiophene rings is 1. The molecular weight excluding hydrogens is 463 g/mol. The van der Waals surface area contributed by atoms with Crippen molar-refractivity contribution in [3.05, 3.63) is 40.3 Å². The summed E-state index contributed by atoms with van der Waals surface area (Å²) < 4.78 is 33.3. The number of alkyl halides is 3. The SMILES string of the molecule is N#Cc1cscc1NC(=O)c1cnn2ccc(N3CCCNCC3)nc12.O=C(O)C(F)(F)F. The van der Waals surface area contributed by atoms with Crippen molar-refractivity contribution < 1.29 is 27.9 Å². The Hall–Kier alpha value is -3.70. The zero-order valence-corrected chi connectivity index (χ0v) is 17.8. The number of carboxylic acids is 1. The number of carbonyl (C=O) groups excluding carboxylic acids is 1. The van der Waals surface area contributed by atoms with Crippen LogP contribution in [0.25, 0.3) is 5.65 Å². The number of aromatic nitrogens is 3. The fraction of sp³-hybridized carbons (Fsp3) is 0.316. The molecule has 1 saturated heterocycles. The fourth-order valence-electron chi connectivity index (χ4n) is 2.94. The van der Waals surface area contributed by atoms with Gasteiger partial charge >= 0.3 is 12.1 Å². The number of nitrogens with one attached hydrogen (secondary N) is 2. The molecule has 0 unspecified atom stereocenters. The molecule has 0 spiro atoms. The summed E-state index contributed by atoms with van der Waals surface area (Å²) in [6.45, 7) is 3.71. The van der Waals surface area contributed by atoms with Crippen molar-refractivity contribution in [3.63, 3.8) is 0 Å². The van der Waals surface area contributed by atoms with E-state index in [2.05, 4.69) is 31.7 Å². The van der Waals surface area contributed by atoms with Gasteiger partial charge in [0.2, 0.25) is 0 Å². The van der Waals surface area contributed by atoms with Crippen LogP contribution in [-0.4, -0.2) is 63.9 Å². The van der Waals surface area contributed by atoms with Crippen LogP contribution in [0.4, 0.5) is 24.7 Å². The van der Waals surface area contributed by atoms with Gasteiger partial charge in [-0.1, -0.05) is 0 Å². The summed E-state index contributed by atoms with van der Waals surface area (Å²) in [4.78, 5) is 28.4. The minimum atomic E-state index is -5.08. The van der Waals surface area contributed by atoms with Crippen LogP contribution in [0.1, 0.15) is 22.3 Å². The molecule has 3 aromatic rings. The van der Waals surface area contributed by atoms with Crippen molar-refractivity contribution in [1.29, 1.82) is 5.26 Å². The molecule has 1 fully saturated rings. The van der Waals surface area contributed by atoms with Crippen molar-refractivity contribution >= 4 is 40.4 Å². The van der Waals surface area contributed by atoms with Crippen LogP contribution < -0.4 is 15.5 Å². The molecule has 4 rings (SSSR count). The molecule has 0 atom stereocenters. The first-order valence-corrected chi connectivity index (χ1v) is 10.5. The number of carboxylic acid groups (broad SMARTS) is 1. The molecule has 0 aliphatic carbocycles. The minimum absolute atomic E-state index is 0.322. The van der Waals surface area contributed by atoms with Crippen LogP contribution in [0.15, 0.2) is 29.2 Å². The summed E-state index contributed by atoms with van der Waals surface area (Å²) in [6, 6.07) is 3.98. The summed E-state index contributed by atoms with van der Waals surface area (Å²) in [6.07, 6.45) is -0.712. The van der Waals surface area contributed by atoms with Gasteiger partial charge in [0.15, 0.2) is 5.65 Å². The minimum Gasteiger partial charge on any atom is -0.475 e. The highest BCUT2D eigenvalue weighted by atomic mass is 32.1. The van der Waals surface area contributed by atoms with Crippen molar-refractivity contribution in [2.75, 3.05) is 36.4 Å². The molecule has 4 heterocycles. The van der Waals surface area contributed by atoms with Gasteiger partial charge in [-0.3, -0.25) is 4.79 Å². The number of nitrogens with zero attached hydrogens (tertiary/aromatic N) is 5. The Morgan fingerprint density at radius 3 is 2.73 bits per heavy atom. The van der Waals surface area contributed by atoms with E-state index in [1.807, 2.05) is 12.3 Å². The molecule has 1 aliphatic rings. The normalized spacial score (nSPS) is 14.1. The first-order valence-electron chi connectivity index (χ1n) is 9.58. The standard InChI is InChI=1S/C17H17N7OS.C2HF3O2/c18-8-12-10-26-11-14(12)21-17(25)13-9-20-24-6-2-15(22-16(13)24)23-5-1-3-19-4-7-23;3-2(4,5)1(6)7/h2,6,9-11,19H,1,3-5,7H2,(H,21,25);(H,6,7). The number of nitriles is 1. The van der Waals surface area contributed by atoms with E-state index in [9.17, 15) is 18.0 Å². The third kappa shape index (κ3) is 5.96. The lowest BCUT2D eigenvalue weighted by Gasteiger charge is -2.20. The second kappa shape index (κ2) is 10.3. The Bertz CT molecular complexity index is 1180. The Morgan fingerprint density at radius 2 is 2.03 bits per heavy atom.